The van der Waals surface area contributed by atoms with Gasteiger partial charge in [-0.1, -0.05) is 72.8 Å². The van der Waals surface area contributed by atoms with Crippen molar-refractivity contribution in [3.63, 3.8) is 0 Å². The molecule has 0 unspecified atom stereocenters. The standard InChI is InChI=1S/C28H22O6S/c29-25(27(31-21-13-5-1-6-14-21)32-22-15-7-2-8-16-22)35-26(30)28(33-23-17-9-3-10-18-23)34-24-19-11-4-12-20-24/h1-20,27-28H. The van der Waals surface area contributed by atoms with Crippen LogP contribution >= 0.6 is 11.8 Å². The Morgan fingerprint density at radius 3 is 0.886 bits per heavy atom. The van der Waals surface area contributed by atoms with Gasteiger partial charge in [-0.15, -0.1) is 0 Å². The van der Waals surface area contributed by atoms with Crippen LogP contribution in [-0.2, 0) is 9.59 Å². The Kier molecular flexibility index (Phi) is 8.40. The van der Waals surface area contributed by atoms with Crippen molar-refractivity contribution in [3.8, 4) is 23.0 Å². The van der Waals surface area contributed by atoms with E-state index < -0.39 is 22.8 Å². The zero-order chi connectivity index (χ0) is 24.3. The van der Waals surface area contributed by atoms with Gasteiger partial charge in [-0.05, 0) is 48.5 Å². The van der Waals surface area contributed by atoms with Crippen LogP contribution in [-0.4, -0.2) is 22.8 Å². The summed E-state index contributed by atoms with van der Waals surface area (Å²) in [5, 5.41) is -1.30. The quantitative estimate of drug-likeness (QED) is 0.265. The highest BCUT2D eigenvalue weighted by molar-refractivity contribution is 8.26. The molecule has 0 aliphatic carbocycles. The molecular formula is C28H22O6S. The zero-order valence-electron chi connectivity index (χ0n) is 18.6. The van der Waals surface area contributed by atoms with Crippen LogP contribution in [0.3, 0.4) is 0 Å². The first-order valence-corrected chi connectivity index (χ1v) is 11.6. The Balaban J connectivity index is 1.51. The van der Waals surface area contributed by atoms with E-state index in [9.17, 15) is 9.59 Å². The average Bonchev–Trinajstić information content (AvgIpc) is 2.90. The molecule has 7 heteroatoms. The SMILES string of the molecule is O=C(SC(=O)C(Oc1ccccc1)Oc1ccccc1)C(Oc1ccccc1)Oc1ccccc1. The molecule has 0 bridgehead atoms. The van der Waals surface area contributed by atoms with Crippen molar-refractivity contribution in [1.82, 2.24) is 0 Å². The fourth-order valence-corrected chi connectivity index (χ4v) is 3.51. The Morgan fingerprint density at radius 2 is 0.657 bits per heavy atom. The molecule has 4 aromatic carbocycles. The average molecular weight is 487 g/mol. The Bertz CT molecular complexity index is 1020. The van der Waals surface area contributed by atoms with Crippen molar-refractivity contribution in [2.75, 3.05) is 0 Å². The largest absolute Gasteiger partial charge is 0.447 e. The van der Waals surface area contributed by atoms with Crippen molar-refractivity contribution in [2.45, 2.75) is 12.6 Å². The molecule has 0 radical (unpaired) electrons. The summed E-state index contributed by atoms with van der Waals surface area (Å²) in [6.45, 7) is 0. The number of hydrogen-bond donors (Lipinski definition) is 0. The van der Waals surface area contributed by atoms with Crippen molar-refractivity contribution in [1.29, 1.82) is 0 Å². The predicted molar refractivity (Wildman–Crippen MR) is 133 cm³/mol. The van der Waals surface area contributed by atoms with Crippen LogP contribution in [0.25, 0.3) is 0 Å². The fourth-order valence-electron chi connectivity index (χ4n) is 2.93. The molecule has 35 heavy (non-hydrogen) atoms. The number of thioether (sulfide) groups is 1. The molecule has 0 spiro atoms. The van der Waals surface area contributed by atoms with Crippen LogP contribution in [0.4, 0.5) is 0 Å². The van der Waals surface area contributed by atoms with Crippen molar-refractivity contribution in [3.05, 3.63) is 121 Å². The second-order valence-electron chi connectivity index (χ2n) is 7.13. The third-order valence-electron chi connectivity index (χ3n) is 4.53. The molecule has 0 aliphatic heterocycles. The van der Waals surface area contributed by atoms with E-state index in [1.165, 1.54) is 0 Å². The Hall–Kier alpha value is -4.23. The van der Waals surface area contributed by atoms with Crippen LogP contribution in [0.5, 0.6) is 23.0 Å². The van der Waals surface area contributed by atoms with Crippen molar-refractivity contribution in [2.24, 2.45) is 0 Å². The monoisotopic (exact) mass is 486 g/mol. The lowest BCUT2D eigenvalue weighted by Gasteiger charge is -2.21. The summed E-state index contributed by atoms with van der Waals surface area (Å²) in [6, 6.07) is 35.0. The summed E-state index contributed by atoms with van der Waals surface area (Å²) in [6.07, 6.45) is -2.74. The molecule has 6 nitrogen and oxygen atoms in total. The summed E-state index contributed by atoms with van der Waals surface area (Å²) in [4.78, 5) is 26.3. The first-order chi connectivity index (χ1) is 17.2. The van der Waals surface area contributed by atoms with Crippen LogP contribution in [0.2, 0.25) is 0 Å². The minimum absolute atomic E-state index is 0.415. The number of benzene rings is 4. The number of para-hydroxylation sites is 4. The summed E-state index contributed by atoms with van der Waals surface area (Å²) in [5.41, 5.74) is 0. The number of carbonyl (C=O) groups excluding carboxylic acids is 2. The summed E-state index contributed by atoms with van der Waals surface area (Å²) < 4.78 is 23.1. The van der Waals surface area contributed by atoms with Gasteiger partial charge in [-0.2, -0.15) is 0 Å². The molecular weight excluding hydrogens is 464 g/mol. The maximum atomic E-state index is 13.2. The molecule has 176 valence electrons. The molecule has 0 fully saturated rings. The van der Waals surface area contributed by atoms with Gasteiger partial charge >= 0.3 is 12.6 Å². The number of hydrogen-bond acceptors (Lipinski definition) is 7. The van der Waals surface area contributed by atoms with E-state index in [0.29, 0.717) is 34.8 Å². The second kappa shape index (κ2) is 12.3. The third-order valence-corrected chi connectivity index (χ3v) is 5.32. The first-order valence-electron chi connectivity index (χ1n) is 10.8. The third kappa shape index (κ3) is 7.38. The lowest BCUT2D eigenvalue weighted by atomic mass is 10.3. The topological polar surface area (TPSA) is 71.1 Å². The number of rotatable bonds is 10. The summed E-state index contributed by atoms with van der Waals surface area (Å²) in [5.74, 6) is 1.69. The molecule has 0 atom stereocenters. The molecule has 0 saturated heterocycles. The van der Waals surface area contributed by atoms with E-state index in [-0.39, 0.29) is 0 Å². The first kappa shape index (κ1) is 23.9. The van der Waals surface area contributed by atoms with Gasteiger partial charge in [0.05, 0.1) is 0 Å². The molecule has 0 amide bonds. The van der Waals surface area contributed by atoms with Gasteiger partial charge in [0.15, 0.2) is 0 Å². The van der Waals surface area contributed by atoms with E-state index in [2.05, 4.69) is 0 Å². The van der Waals surface area contributed by atoms with Crippen LogP contribution < -0.4 is 18.9 Å². The second-order valence-corrected chi connectivity index (χ2v) is 8.14. The highest BCUT2D eigenvalue weighted by atomic mass is 32.2. The van der Waals surface area contributed by atoms with Gasteiger partial charge in [0.2, 0.25) is 0 Å². The normalized spacial score (nSPS) is 10.6. The molecule has 0 aliphatic rings. The fraction of sp³-hybridized carbons (Fsp3) is 0.0714. The maximum Gasteiger partial charge on any atom is 0.311 e. The smallest absolute Gasteiger partial charge is 0.311 e. The minimum atomic E-state index is -1.37. The lowest BCUT2D eigenvalue weighted by Crippen LogP contribution is -2.36. The minimum Gasteiger partial charge on any atom is -0.447 e. The highest BCUT2D eigenvalue weighted by Crippen LogP contribution is 2.23. The highest BCUT2D eigenvalue weighted by Gasteiger charge is 2.32. The van der Waals surface area contributed by atoms with Gasteiger partial charge in [-0.25, -0.2) is 0 Å². The number of carbonyl (C=O) groups is 2. The van der Waals surface area contributed by atoms with E-state index in [0.717, 1.165) is 0 Å². The van der Waals surface area contributed by atoms with Crippen molar-refractivity contribution >= 4 is 22.0 Å². The summed E-state index contributed by atoms with van der Waals surface area (Å²) >= 11 is 0.415. The lowest BCUT2D eigenvalue weighted by molar-refractivity contribution is -0.131. The van der Waals surface area contributed by atoms with E-state index >= 15 is 0 Å². The predicted octanol–water partition coefficient (Wildman–Crippen LogP) is 5.74. The van der Waals surface area contributed by atoms with Gasteiger partial charge in [0.1, 0.15) is 23.0 Å². The molecule has 0 aromatic heterocycles. The van der Waals surface area contributed by atoms with Gasteiger partial charge in [0, 0.05) is 11.8 Å². The van der Waals surface area contributed by atoms with Gasteiger partial charge in [-0.3, -0.25) is 9.59 Å². The maximum absolute atomic E-state index is 13.2. The molecule has 0 N–H and O–H groups in total. The van der Waals surface area contributed by atoms with E-state index in [1.807, 2.05) is 24.3 Å². The van der Waals surface area contributed by atoms with Crippen LogP contribution in [0, 0.1) is 0 Å². The molecule has 4 aromatic rings. The van der Waals surface area contributed by atoms with Gasteiger partial charge in [0.25, 0.3) is 10.2 Å². The zero-order valence-corrected chi connectivity index (χ0v) is 19.4. The Morgan fingerprint density at radius 1 is 0.429 bits per heavy atom. The molecule has 0 saturated carbocycles. The Labute approximate surface area is 207 Å². The number of ether oxygens (including phenoxy) is 4. The van der Waals surface area contributed by atoms with Crippen LogP contribution in [0.1, 0.15) is 0 Å². The van der Waals surface area contributed by atoms with E-state index in [1.54, 1.807) is 97.1 Å². The molecule has 0 heterocycles. The van der Waals surface area contributed by atoms with Crippen LogP contribution in [0.15, 0.2) is 121 Å². The van der Waals surface area contributed by atoms with Crippen molar-refractivity contribution < 1.29 is 28.5 Å². The van der Waals surface area contributed by atoms with E-state index in [4.69, 9.17) is 18.9 Å². The summed E-state index contributed by atoms with van der Waals surface area (Å²) in [7, 11) is 0. The molecule has 4 rings (SSSR count). The van der Waals surface area contributed by atoms with Gasteiger partial charge < -0.3 is 18.9 Å².